The summed E-state index contributed by atoms with van der Waals surface area (Å²) in [5, 5.41) is 11.3. The number of ether oxygens (including phenoxy) is 2. The Labute approximate surface area is 181 Å². The lowest BCUT2D eigenvalue weighted by atomic mass is 9.97. The van der Waals surface area contributed by atoms with Crippen LogP contribution in [-0.4, -0.2) is 73.0 Å². The van der Waals surface area contributed by atoms with Crippen molar-refractivity contribution in [2.24, 2.45) is 0 Å². The van der Waals surface area contributed by atoms with Crippen molar-refractivity contribution >= 4 is 17.4 Å². The molecule has 1 aliphatic heterocycles. The number of pyridine rings is 1. The summed E-state index contributed by atoms with van der Waals surface area (Å²) in [7, 11) is 6.81. The number of nitrogens with zero attached hydrogens (tertiary/aromatic N) is 3. The van der Waals surface area contributed by atoms with E-state index in [9.17, 15) is 14.7 Å². The fourth-order valence-corrected chi connectivity index (χ4v) is 3.73. The van der Waals surface area contributed by atoms with Gasteiger partial charge in [0.15, 0.2) is 0 Å². The molecule has 1 amide bonds. The topological polar surface area (TPSA) is 92.2 Å². The monoisotopic (exact) mass is 425 g/mol. The minimum absolute atomic E-state index is 0.0312. The van der Waals surface area contributed by atoms with Gasteiger partial charge in [0.1, 0.15) is 28.9 Å². The van der Waals surface area contributed by atoms with Gasteiger partial charge in [-0.3, -0.25) is 14.6 Å². The van der Waals surface area contributed by atoms with E-state index in [1.807, 2.05) is 19.0 Å². The Morgan fingerprint density at radius 1 is 1.10 bits per heavy atom. The van der Waals surface area contributed by atoms with E-state index in [1.165, 1.54) is 19.1 Å². The highest BCUT2D eigenvalue weighted by Crippen LogP contribution is 2.42. The maximum Gasteiger partial charge on any atom is 0.295 e. The number of carbonyl (C=O) groups excluding carboxylic acids is 2. The van der Waals surface area contributed by atoms with E-state index in [0.717, 1.165) is 6.54 Å². The number of Topliss-reactive ketones (excluding diaryl/α,β-unsaturated/α-hetero) is 1. The Bertz CT molecular complexity index is 966. The fourth-order valence-electron chi connectivity index (χ4n) is 3.73. The predicted octanol–water partition coefficient (Wildman–Crippen LogP) is 2.47. The van der Waals surface area contributed by atoms with E-state index in [1.54, 1.807) is 42.6 Å². The van der Waals surface area contributed by atoms with Crippen molar-refractivity contribution in [3.8, 4) is 11.5 Å². The van der Waals surface area contributed by atoms with Gasteiger partial charge in [-0.1, -0.05) is 12.1 Å². The van der Waals surface area contributed by atoms with Crippen LogP contribution >= 0.6 is 0 Å². The van der Waals surface area contributed by atoms with Crippen LogP contribution in [0.1, 0.15) is 23.7 Å². The first-order chi connectivity index (χ1) is 14.9. The molecule has 1 atom stereocenters. The molecule has 0 saturated carbocycles. The number of hydrogen-bond acceptors (Lipinski definition) is 7. The highest BCUT2D eigenvalue weighted by molar-refractivity contribution is 6.46. The Morgan fingerprint density at radius 3 is 2.32 bits per heavy atom. The molecular weight excluding hydrogens is 398 g/mol. The lowest BCUT2D eigenvalue weighted by Gasteiger charge is -2.25. The van der Waals surface area contributed by atoms with Gasteiger partial charge in [0, 0.05) is 12.7 Å². The van der Waals surface area contributed by atoms with Gasteiger partial charge in [-0.2, -0.15) is 0 Å². The highest BCUT2D eigenvalue weighted by atomic mass is 16.5. The SMILES string of the molecule is COc1cccc(OC)c1/C(O)=C1\C(=O)C(=O)N(CCCN(C)C)C1c1ccccn1. The van der Waals surface area contributed by atoms with Gasteiger partial charge in [0.05, 0.1) is 25.5 Å². The number of aromatic nitrogens is 1. The lowest BCUT2D eigenvalue weighted by molar-refractivity contribution is -0.140. The van der Waals surface area contributed by atoms with Crippen LogP contribution < -0.4 is 9.47 Å². The van der Waals surface area contributed by atoms with E-state index in [2.05, 4.69) is 4.98 Å². The van der Waals surface area contributed by atoms with Crippen LogP contribution in [0.5, 0.6) is 11.5 Å². The predicted molar refractivity (Wildman–Crippen MR) is 116 cm³/mol. The molecule has 1 aromatic carbocycles. The molecule has 8 nitrogen and oxygen atoms in total. The molecule has 0 spiro atoms. The third-order valence-corrected chi connectivity index (χ3v) is 5.18. The third kappa shape index (κ3) is 4.39. The molecule has 1 N–H and O–H groups in total. The molecule has 3 rings (SSSR count). The van der Waals surface area contributed by atoms with Crippen molar-refractivity contribution in [3.63, 3.8) is 0 Å². The Kier molecular flexibility index (Phi) is 6.91. The number of carbonyl (C=O) groups is 2. The molecule has 1 aliphatic rings. The standard InChI is InChI=1S/C23H27N3O5/c1-25(2)13-8-14-26-20(15-9-5-6-12-24-15)19(22(28)23(26)29)21(27)18-16(30-3)10-7-11-17(18)31-4/h5-7,9-12,20,27H,8,13-14H2,1-4H3/b21-19+. The number of likely N-dealkylation sites (tertiary alicyclic amines) is 1. The molecule has 0 bridgehead atoms. The molecule has 2 aromatic rings. The summed E-state index contributed by atoms with van der Waals surface area (Å²) in [5.41, 5.74) is 0.693. The van der Waals surface area contributed by atoms with Crippen LogP contribution in [-0.2, 0) is 9.59 Å². The number of benzene rings is 1. The first-order valence-corrected chi connectivity index (χ1v) is 9.96. The van der Waals surface area contributed by atoms with Crippen LogP contribution in [0.4, 0.5) is 0 Å². The first kappa shape index (κ1) is 22.3. The summed E-state index contributed by atoms with van der Waals surface area (Å²) in [6.45, 7) is 1.10. The van der Waals surface area contributed by atoms with Crippen molar-refractivity contribution in [1.29, 1.82) is 0 Å². The van der Waals surface area contributed by atoms with E-state index in [4.69, 9.17) is 9.47 Å². The van der Waals surface area contributed by atoms with Crippen LogP contribution in [0.15, 0.2) is 48.2 Å². The highest BCUT2D eigenvalue weighted by Gasteiger charge is 2.47. The number of methoxy groups -OCH3 is 2. The van der Waals surface area contributed by atoms with E-state index in [-0.39, 0.29) is 16.9 Å². The molecular formula is C23H27N3O5. The number of ketones is 1. The van der Waals surface area contributed by atoms with Gasteiger partial charge >= 0.3 is 0 Å². The summed E-state index contributed by atoms with van der Waals surface area (Å²) in [4.78, 5) is 33.9. The van der Waals surface area contributed by atoms with Crippen molar-refractivity contribution in [3.05, 3.63) is 59.4 Å². The molecule has 1 saturated heterocycles. The molecule has 31 heavy (non-hydrogen) atoms. The number of amides is 1. The van der Waals surface area contributed by atoms with E-state index in [0.29, 0.717) is 30.2 Å². The molecule has 1 fully saturated rings. The Balaban J connectivity index is 2.17. The summed E-state index contributed by atoms with van der Waals surface area (Å²) >= 11 is 0. The second kappa shape index (κ2) is 9.61. The van der Waals surface area contributed by atoms with E-state index < -0.39 is 17.7 Å². The van der Waals surface area contributed by atoms with Crippen LogP contribution in [0.25, 0.3) is 5.76 Å². The summed E-state index contributed by atoms with van der Waals surface area (Å²) in [6.07, 6.45) is 2.26. The maximum absolute atomic E-state index is 13.1. The van der Waals surface area contributed by atoms with Crippen molar-refractivity contribution in [2.75, 3.05) is 41.4 Å². The molecule has 2 heterocycles. The van der Waals surface area contributed by atoms with Gasteiger partial charge in [-0.05, 0) is 51.3 Å². The minimum atomic E-state index is -0.807. The second-order valence-electron chi connectivity index (χ2n) is 7.44. The van der Waals surface area contributed by atoms with Gasteiger partial charge in [0.25, 0.3) is 11.7 Å². The van der Waals surface area contributed by atoms with Gasteiger partial charge < -0.3 is 24.4 Å². The van der Waals surface area contributed by atoms with Crippen LogP contribution in [0.3, 0.4) is 0 Å². The second-order valence-corrected chi connectivity index (χ2v) is 7.44. The smallest absolute Gasteiger partial charge is 0.295 e. The maximum atomic E-state index is 13.1. The zero-order chi connectivity index (χ0) is 22.5. The summed E-state index contributed by atoms with van der Waals surface area (Å²) in [6, 6.07) is 9.49. The molecule has 0 aliphatic carbocycles. The fraction of sp³-hybridized carbons (Fsp3) is 0.348. The molecule has 164 valence electrons. The quantitative estimate of drug-likeness (QED) is 0.395. The normalized spacial score (nSPS) is 18.0. The van der Waals surface area contributed by atoms with Crippen LogP contribution in [0.2, 0.25) is 0 Å². The van der Waals surface area contributed by atoms with Gasteiger partial charge in [0.2, 0.25) is 0 Å². The zero-order valence-electron chi connectivity index (χ0n) is 18.2. The molecule has 1 unspecified atom stereocenters. The summed E-state index contributed by atoms with van der Waals surface area (Å²) in [5.74, 6) is -1.11. The van der Waals surface area contributed by atoms with Gasteiger partial charge in [-0.15, -0.1) is 0 Å². The zero-order valence-corrected chi connectivity index (χ0v) is 18.2. The van der Waals surface area contributed by atoms with Gasteiger partial charge in [-0.25, -0.2) is 0 Å². The van der Waals surface area contributed by atoms with Crippen LogP contribution in [0, 0.1) is 0 Å². The summed E-state index contributed by atoms with van der Waals surface area (Å²) < 4.78 is 10.8. The van der Waals surface area contributed by atoms with E-state index >= 15 is 0 Å². The molecule has 1 aromatic heterocycles. The first-order valence-electron chi connectivity index (χ1n) is 9.96. The number of aliphatic hydroxyl groups excluding tert-OH is 1. The Morgan fingerprint density at radius 2 is 1.77 bits per heavy atom. The lowest BCUT2D eigenvalue weighted by Crippen LogP contribution is -2.32. The number of hydrogen-bond donors (Lipinski definition) is 1. The van der Waals surface area contributed by atoms with Crippen molar-refractivity contribution in [1.82, 2.24) is 14.8 Å². The minimum Gasteiger partial charge on any atom is -0.506 e. The largest absolute Gasteiger partial charge is 0.506 e. The third-order valence-electron chi connectivity index (χ3n) is 5.18. The average Bonchev–Trinajstić information content (AvgIpc) is 3.03. The van der Waals surface area contributed by atoms with Crippen molar-refractivity contribution < 1.29 is 24.2 Å². The Hall–Kier alpha value is -3.39. The average molecular weight is 425 g/mol. The molecule has 0 radical (unpaired) electrons. The van der Waals surface area contributed by atoms with Crippen molar-refractivity contribution in [2.45, 2.75) is 12.5 Å². The molecule has 8 heteroatoms. The number of aliphatic hydroxyl groups is 1. The number of rotatable bonds is 8.